The predicted octanol–water partition coefficient (Wildman–Crippen LogP) is 3.37. The van der Waals surface area contributed by atoms with Crippen LogP contribution in [-0.2, 0) is 6.42 Å². The fourth-order valence-corrected chi connectivity index (χ4v) is 2.47. The summed E-state index contributed by atoms with van der Waals surface area (Å²) in [5, 5.41) is 4.10. The molecular formula is C17H25N3O. The average Bonchev–Trinajstić information content (AvgIpc) is 2.88. The summed E-state index contributed by atoms with van der Waals surface area (Å²) in [6, 6.07) is 6.43. The molecule has 0 aliphatic rings. The molecule has 4 nitrogen and oxygen atoms in total. The van der Waals surface area contributed by atoms with Gasteiger partial charge in [-0.3, -0.25) is 0 Å². The van der Waals surface area contributed by atoms with Gasteiger partial charge in [0.1, 0.15) is 0 Å². The molecule has 1 aromatic heterocycles. The molecule has 0 spiro atoms. The molecule has 21 heavy (non-hydrogen) atoms. The van der Waals surface area contributed by atoms with Crippen LogP contribution in [0.4, 0.5) is 0 Å². The van der Waals surface area contributed by atoms with Gasteiger partial charge in [0.2, 0.25) is 5.89 Å². The van der Waals surface area contributed by atoms with Crippen LogP contribution in [0.1, 0.15) is 54.6 Å². The number of rotatable bonds is 6. The second-order valence-electron chi connectivity index (χ2n) is 6.21. The Balaban J connectivity index is 2.10. The van der Waals surface area contributed by atoms with Crippen LogP contribution in [0.3, 0.4) is 0 Å². The number of benzene rings is 1. The third kappa shape index (κ3) is 4.14. The Morgan fingerprint density at radius 1 is 1.19 bits per heavy atom. The van der Waals surface area contributed by atoms with Crippen LogP contribution in [0.25, 0.3) is 0 Å². The van der Waals surface area contributed by atoms with E-state index in [4.69, 9.17) is 10.3 Å². The van der Waals surface area contributed by atoms with Gasteiger partial charge in [0.15, 0.2) is 5.82 Å². The topological polar surface area (TPSA) is 64.9 Å². The van der Waals surface area contributed by atoms with Crippen molar-refractivity contribution < 1.29 is 4.52 Å². The molecule has 2 N–H and O–H groups in total. The first-order valence-corrected chi connectivity index (χ1v) is 7.58. The van der Waals surface area contributed by atoms with Gasteiger partial charge in [-0.1, -0.05) is 37.2 Å². The van der Waals surface area contributed by atoms with Crippen molar-refractivity contribution in [2.24, 2.45) is 11.7 Å². The smallest absolute Gasteiger partial charge is 0.231 e. The van der Waals surface area contributed by atoms with Gasteiger partial charge < -0.3 is 10.3 Å². The maximum absolute atomic E-state index is 5.82. The van der Waals surface area contributed by atoms with Crippen molar-refractivity contribution in [1.82, 2.24) is 10.1 Å². The largest absolute Gasteiger partial charge is 0.339 e. The van der Waals surface area contributed by atoms with E-state index in [1.807, 2.05) is 0 Å². The molecular weight excluding hydrogens is 262 g/mol. The van der Waals surface area contributed by atoms with Gasteiger partial charge in [-0.25, -0.2) is 0 Å². The number of aromatic nitrogens is 2. The van der Waals surface area contributed by atoms with Crippen LogP contribution >= 0.6 is 0 Å². The Kier molecular flexibility index (Phi) is 5.12. The lowest BCUT2D eigenvalue weighted by Gasteiger charge is -2.11. The van der Waals surface area contributed by atoms with Crippen LogP contribution in [0.2, 0.25) is 0 Å². The molecule has 1 atom stereocenters. The zero-order chi connectivity index (χ0) is 15.4. The van der Waals surface area contributed by atoms with Crippen molar-refractivity contribution in [1.29, 1.82) is 0 Å². The summed E-state index contributed by atoms with van der Waals surface area (Å²) in [4.78, 5) is 4.52. The highest BCUT2D eigenvalue weighted by atomic mass is 16.5. The monoisotopic (exact) mass is 287 g/mol. The summed E-state index contributed by atoms with van der Waals surface area (Å²) in [7, 11) is 0. The molecule has 0 fully saturated rings. The molecule has 0 saturated heterocycles. The fraction of sp³-hybridized carbons (Fsp3) is 0.529. The van der Waals surface area contributed by atoms with Crippen LogP contribution in [0, 0.1) is 19.8 Å². The Morgan fingerprint density at radius 2 is 1.95 bits per heavy atom. The van der Waals surface area contributed by atoms with Crippen molar-refractivity contribution in [2.75, 3.05) is 6.54 Å². The van der Waals surface area contributed by atoms with E-state index in [0.717, 1.165) is 12.2 Å². The van der Waals surface area contributed by atoms with E-state index in [2.05, 4.69) is 56.0 Å². The zero-order valence-corrected chi connectivity index (χ0v) is 13.4. The van der Waals surface area contributed by atoms with Crippen molar-refractivity contribution in [3.05, 3.63) is 46.6 Å². The lowest BCUT2D eigenvalue weighted by molar-refractivity contribution is 0.332. The second-order valence-corrected chi connectivity index (χ2v) is 6.21. The van der Waals surface area contributed by atoms with E-state index in [1.54, 1.807) is 0 Å². The third-order valence-electron chi connectivity index (χ3n) is 3.81. The molecule has 1 unspecified atom stereocenters. The molecule has 2 rings (SSSR count). The van der Waals surface area contributed by atoms with Gasteiger partial charge in [0, 0.05) is 13.0 Å². The Morgan fingerprint density at radius 3 is 2.57 bits per heavy atom. The van der Waals surface area contributed by atoms with E-state index in [1.165, 1.54) is 16.7 Å². The molecule has 4 heteroatoms. The summed E-state index contributed by atoms with van der Waals surface area (Å²) in [5.74, 6) is 2.13. The van der Waals surface area contributed by atoms with Crippen LogP contribution in [-0.4, -0.2) is 16.7 Å². The molecule has 0 aliphatic carbocycles. The minimum atomic E-state index is 0.158. The van der Waals surface area contributed by atoms with E-state index >= 15 is 0 Å². The molecule has 0 radical (unpaired) electrons. The summed E-state index contributed by atoms with van der Waals surface area (Å²) >= 11 is 0. The normalized spacial score (nSPS) is 12.9. The highest BCUT2D eigenvalue weighted by molar-refractivity contribution is 5.31. The number of nitrogens with two attached hydrogens (primary N) is 1. The molecule has 0 aliphatic heterocycles. The lowest BCUT2D eigenvalue weighted by atomic mass is 9.97. The zero-order valence-electron chi connectivity index (χ0n) is 13.4. The standard InChI is InChI=1S/C17H25N3O/c1-11(2)7-15(10-18)17-19-16(20-21-17)9-14-6-5-12(3)13(4)8-14/h5-6,8,11,15H,7,9-10,18H2,1-4H3. The van der Waals surface area contributed by atoms with Gasteiger partial charge in [-0.05, 0) is 42.9 Å². The van der Waals surface area contributed by atoms with Gasteiger partial charge in [0.05, 0.1) is 5.92 Å². The van der Waals surface area contributed by atoms with E-state index < -0.39 is 0 Å². The van der Waals surface area contributed by atoms with Crippen LogP contribution < -0.4 is 5.73 Å². The Bertz CT molecular complexity index is 589. The lowest BCUT2D eigenvalue weighted by Crippen LogP contribution is -2.15. The Labute approximate surface area is 126 Å². The first-order valence-electron chi connectivity index (χ1n) is 7.58. The van der Waals surface area contributed by atoms with Gasteiger partial charge in [0.25, 0.3) is 0 Å². The van der Waals surface area contributed by atoms with Crippen molar-refractivity contribution >= 4 is 0 Å². The highest BCUT2D eigenvalue weighted by Crippen LogP contribution is 2.22. The molecule has 0 bridgehead atoms. The van der Waals surface area contributed by atoms with Crippen molar-refractivity contribution in [3.8, 4) is 0 Å². The Hall–Kier alpha value is -1.68. The quantitative estimate of drug-likeness (QED) is 0.884. The fourth-order valence-electron chi connectivity index (χ4n) is 2.47. The van der Waals surface area contributed by atoms with Crippen molar-refractivity contribution in [2.45, 2.75) is 46.5 Å². The molecule has 0 amide bonds. The van der Waals surface area contributed by atoms with Gasteiger partial charge in [-0.15, -0.1) is 0 Å². The van der Waals surface area contributed by atoms with Crippen LogP contribution in [0.15, 0.2) is 22.7 Å². The summed E-state index contributed by atoms with van der Waals surface area (Å²) in [5.41, 5.74) is 9.62. The van der Waals surface area contributed by atoms with Gasteiger partial charge >= 0.3 is 0 Å². The number of hydrogen-bond donors (Lipinski definition) is 1. The molecule has 1 heterocycles. The number of hydrogen-bond acceptors (Lipinski definition) is 4. The third-order valence-corrected chi connectivity index (χ3v) is 3.81. The number of aryl methyl sites for hydroxylation is 2. The number of nitrogens with zero attached hydrogens (tertiary/aromatic N) is 2. The molecule has 114 valence electrons. The molecule has 1 aromatic carbocycles. The maximum Gasteiger partial charge on any atom is 0.231 e. The maximum atomic E-state index is 5.82. The summed E-state index contributed by atoms with van der Waals surface area (Å²) in [6.07, 6.45) is 1.67. The summed E-state index contributed by atoms with van der Waals surface area (Å²) in [6.45, 7) is 9.13. The minimum Gasteiger partial charge on any atom is -0.339 e. The average molecular weight is 287 g/mol. The molecule has 2 aromatic rings. The van der Waals surface area contributed by atoms with Gasteiger partial charge in [-0.2, -0.15) is 4.98 Å². The van der Waals surface area contributed by atoms with E-state index in [-0.39, 0.29) is 5.92 Å². The predicted molar refractivity (Wildman–Crippen MR) is 84.3 cm³/mol. The highest BCUT2D eigenvalue weighted by Gasteiger charge is 2.19. The first-order chi connectivity index (χ1) is 9.99. The first kappa shape index (κ1) is 15.7. The summed E-state index contributed by atoms with van der Waals surface area (Å²) < 4.78 is 5.40. The molecule has 0 saturated carbocycles. The van der Waals surface area contributed by atoms with E-state index in [0.29, 0.717) is 24.8 Å². The SMILES string of the molecule is Cc1ccc(Cc2noc(C(CN)CC(C)C)n2)cc1C. The second kappa shape index (κ2) is 6.85. The van der Waals surface area contributed by atoms with Crippen molar-refractivity contribution in [3.63, 3.8) is 0 Å². The minimum absolute atomic E-state index is 0.158. The van der Waals surface area contributed by atoms with Crippen LogP contribution in [0.5, 0.6) is 0 Å². The van der Waals surface area contributed by atoms with E-state index in [9.17, 15) is 0 Å².